The van der Waals surface area contributed by atoms with Crippen LogP contribution in [-0.2, 0) is 0 Å². The van der Waals surface area contributed by atoms with Gasteiger partial charge in [0.15, 0.2) is 11.5 Å². The largest absolute Gasteiger partial charge is 0.486 e. The molecule has 5 nitrogen and oxygen atoms in total. The summed E-state index contributed by atoms with van der Waals surface area (Å²) in [4.78, 5) is 12.3. The van der Waals surface area contributed by atoms with Gasteiger partial charge >= 0.3 is 0 Å². The molecule has 2 N–H and O–H groups in total. The van der Waals surface area contributed by atoms with Gasteiger partial charge in [-0.2, -0.15) is 0 Å². The summed E-state index contributed by atoms with van der Waals surface area (Å²) in [5.74, 6) is 1.32. The van der Waals surface area contributed by atoms with Gasteiger partial charge in [-0.05, 0) is 49.5 Å². The molecule has 0 aromatic heterocycles. The molecule has 1 aromatic carbocycles. The van der Waals surface area contributed by atoms with Gasteiger partial charge in [-0.25, -0.2) is 0 Å². The summed E-state index contributed by atoms with van der Waals surface area (Å²) in [6.45, 7) is 6.08. The highest BCUT2D eigenvalue weighted by atomic mass is 16.6. The maximum Gasteiger partial charge on any atom is 0.251 e. The number of piperidine rings is 1. The Bertz CT molecular complexity index is 524. The lowest BCUT2D eigenvalue weighted by Crippen LogP contribution is -2.42. The predicted octanol–water partition coefficient (Wildman–Crippen LogP) is 1.58. The zero-order valence-corrected chi connectivity index (χ0v) is 12.4. The fourth-order valence-corrected chi connectivity index (χ4v) is 2.79. The number of ether oxygens (including phenoxy) is 2. The van der Waals surface area contributed by atoms with Crippen LogP contribution in [0.5, 0.6) is 11.5 Å². The van der Waals surface area contributed by atoms with Crippen molar-refractivity contribution in [2.75, 3.05) is 32.8 Å². The summed E-state index contributed by atoms with van der Waals surface area (Å²) in [5.41, 5.74) is 0.811. The first kappa shape index (κ1) is 14.2. The molecule has 2 aliphatic rings. The number of hydrogen-bond donors (Lipinski definition) is 2. The number of fused-ring (bicyclic) bond motifs is 1. The quantitative estimate of drug-likeness (QED) is 0.887. The Labute approximate surface area is 125 Å². The topological polar surface area (TPSA) is 59.6 Å². The third kappa shape index (κ3) is 3.29. The molecule has 0 saturated carbocycles. The maximum absolute atomic E-state index is 12.3. The summed E-state index contributed by atoms with van der Waals surface area (Å²) in [6, 6.07) is 5.35. The molecule has 2 heterocycles. The van der Waals surface area contributed by atoms with Gasteiger partial charge in [0.1, 0.15) is 13.2 Å². The lowest BCUT2D eigenvalue weighted by atomic mass is 9.81. The summed E-state index contributed by atoms with van der Waals surface area (Å²) in [7, 11) is 0. The Kier molecular flexibility index (Phi) is 4.01. The van der Waals surface area contributed by atoms with Crippen molar-refractivity contribution in [3.05, 3.63) is 23.8 Å². The van der Waals surface area contributed by atoms with E-state index in [0.29, 0.717) is 36.8 Å². The van der Waals surface area contributed by atoms with Crippen molar-refractivity contribution in [3.63, 3.8) is 0 Å². The summed E-state index contributed by atoms with van der Waals surface area (Å²) < 4.78 is 11.0. The number of benzene rings is 1. The number of amides is 1. The Balaban J connectivity index is 1.62. The van der Waals surface area contributed by atoms with E-state index < -0.39 is 0 Å². The van der Waals surface area contributed by atoms with Crippen molar-refractivity contribution < 1.29 is 14.3 Å². The highest BCUT2D eigenvalue weighted by Gasteiger charge is 2.27. The minimum atomic E-state index is -0.0493. The van der Waals surface area contributed by atoms with Crippen LogP contribution in [0.25, 0.3) is 0 Å². The van der Waals surface area contributed by atoms with Crippen molar-refractivity contribution in [2.24, 2.45) is 5.41 Å². The molecular formula is C16H22N2O3. The third-order valence-corrected chi connectivity index (χ3v) is 4.29. The second-order valence-electron chi connectivity index (χ2n) is 6.10. The Hall–Kier alpha value is -1.75. The molecule has 0 spiro atoms. The van der Waals surface area contributed by atoms with Crippen LogP contribution in [0, 0.1) is 5.41 Å². The van der Waals surface area contributed by atoms with Gasteiger partial charge in [0, 0.05) is 12.1 Å². The van der Waals surface area contributed by atoms with Crippen molar-refractivity contribution >= 4 is 5.91 Å². The number of hydrogen-bond acceptors (Lipinski definition) is 4. The van der Waals surface area contributed by atoms with Crippen LogP contribution < -0.4 is 20.1 Å². The molecule has 0 radical (unpaired) electrons. The second-order valence-corrected chi connectivity index (χ2v) is 6.10. The molecule has 0 bridgehead atoms. The van der Waals surface area contributed by atoms with Crippen LogP contribution in [0.1, 0.15) is 30.1 Å². The molecule has 0 atom stereocenters. The predicted molar refractivity (Wildman–Crippen MR) is 80.0 cm³/mol. The van der Waals surface area contributed by atoms with E-state index in [-0.39, 0.29) is 11.3 Å². The lowest BCUT2D eigenvalue weighted by molar-refractivity contribution is 0.0921. The minimum Gasteiger partial charge on any atom is -0.486 e. The molecule has 5 heteroatoms. The van der Waals surface area contributed by atoms with Gasteiger partial charge in [0.2, 0.25) is 0 Å². The van der Waals surface area contributed by atoms with Gasteiger partial charge in [-0.15, -0.1) is 0 Å². The van der Waals surface area contributed by atoms with E-state index in [1.54, 1.807) is 18.2 Å². The molecule has 1 fully saturated rings. The van der Waals surface area contributed by atoms with E-state index in [4.69, 9.17) is 9.47 Å². The van der Waals surface area contributed by atoms with Crippen molar-refractivity contribution in [1.29, 1.82) is 0 Å². The molecule has 2 aliphatic heterocycles. The van der Waals surface area contributed by atoms with Gasteiger partial charge in [0.05, 0.1) is 0 Å². The molecule has 1 saturated heterocycles. The van der Waals surface area contributed by atoms with Crippen LogP contribution in [0.3, 0.4) is 0 Å². The average Bonchev–Trinajstić information content (AvgIpc) is 2.53. The van der Waals surface area contributed by atoms with Crippen molar-refractivity contribution in [2.45, 2.75) is 19.8 Å². The molecule has 21 heavy (non-hydrogen) atoms. The first-order valence-corrected chi connectivity index (χ1v) is 7.55. The Morgan fingerprint density at radius 2 is 1.95 bits per heavy atom. The highest BCUT2D eigenvalue weighted by molar-refractivity contribution is 5.94. The zero-order valence-electron chi connectivity index (χ0n) is 12.4. The van der Waals surface area contributed by atoms with Crippen LogP contribution in [0.15, 0.2) is 18.2 Å². The van der Waals surface area contributed by atoms with E-state index >= 15 is 0 Å². The van der Waals surface area contributed by atoms with E-state index in [1.165, 1.54) is 0 Å². The first-order chi connectivity index (χ1) is 10.2. The molecule has 0 unspecified atom stereocenters. The van der Waals surface area contributed by atoms with Crippen LogP contribution in [0.4, 0.5) is 0 Å². The normalized spacial score (nSPS) is 19.9. The standard InChI is InChI=1S/C16H22N2O3/c1-16(4-6-17-7-5-16)11-18-15(19)12-2-3-13-14(10-12)21-9-8-20-13/h2-3,10,17H,4-9,11H2,1H3,(H,18,19). The molecule has 3 rings (SSSR count). The van der Waals surface area contributed by atoms with Gasteiger partial charge in [-0.3, -0.25) is 4.79 Å². The second kappa shape index (κ2) is 5.93. The van der Waals surface area contributed by atoms with E-state index in [9.17, 15) is 4.79 Å². The van der Waals surface area contributed by atoms with Crippen molar-refractivity contribution in [1.82, 2.24) is 10.6 Å². The zero-order chi connectivity index (χ0) is 14.7. The van der Waals surface area contributed by atoms with Gasteiger partial charge < -0.3 is 20.1 Å². The summed E-state index contributed by atoms with van der Waals surface area (Å²) in [5, 5.41) is 6.40. The smallest absolute Gasteiger partial charge is 0.251 e. The number of rotatable bonds is 3. The molecule has 1 aromatic rings. The summed E-state index contributed by atoms with van der Waals surface area (Å²) in [6.07, 6.45) is 2.18. The Morgan fingerprint density at radius 3 is 2.71 bits per heavy atom. The fraction of sp³-hybridized carbons (Fsp3) is 0.562. The number of carbonyl (C=O) groups excluding carboxylic acids is 1. The molecule has 114 valence electrons. The van der Waals surface area contributed by atoms with E-state index in [1.807, 2.05) is 0 Å². The number of nitrogens with one attached hydrogen (secondary N) is 2. The highest BCUT2D eigenvalue weighted by Crippen LogP contribution is 2.31. The van der Waals surface area contributed by atoms with Crippen LogP contribution >= 0.6 is 0 Å². The summed E-state index contributed by atoms with van der Waals surface area (Å²) >= 11 is 0. The minimum absolute atomic E-state index is 0.0493. The number of carbonyl (C=O) groups is 1. The lowest BCUT2D eigenvalue weighted by Gasteiger charge is -2.34. The van der Waals surface area contributed by atoms with Crippen LogP contribution in [0.2, 0.25) is 0 Å². The fourth-order valence-electron chi connectivity index (χ4n) is 2.79. The average molecular weight is 290 g/mol. The van der Waals surface area contributed by atoms with Crippen LogP contribution in [-0.4, -0.2) is 38.8 Å². The van der Waals surface area contributed by atoms with Gasteiger partial charge in [0.25, 0.3) is 5.91 Å². The SMILES string of the molecule is CC1(CNC(=O)c2ccc3c(c2)OCCO3)CCNCC1. The van der Waals surface area contributed by atoms with Gasteiger partial charge in [-0.1, -0.05) is 6.92 Å². The first-order valence-electron chi connectivity index (χ1n) is 7.55. The van der Waals surface area contributed by atoms with E-state index in [2.05, 4.69) is 17.6 Å². The maximum atomic E-state index is 12.3. The third-order valence-electron chi connectivity index (χ3n) is 4.29. The molecule has 0 aliphatic carbocycles. The molecule has 1 amide bonds. The monoisotopic (exact) mass is 290 g/mol. The van der Waals surface area contributed by atoms with Crippen molar-refractivity contribution in [3.8, 4) is 11.5 Å². The van der Waals surface area contributed by atoms with E-state index in [0.717, 1.165) is 25.9 Å². The Morgan fingerprint density at radius 1 is 1.24 bits per heavy atom. The molecular weight excluding hydrogens is 268 g/mol.